The molecule has 2 aromatic rings. The molecule has 0 fully saturated rings. The molecule has 14 heavy (non-hydrogen) atoms. The molecular formula is C11H5Cl2N. The van der Waals surface area contributed by atoms with Crippen LogP contribution >= 0.6 is 23.2 Å². The lowest BCUT2D eigenvalue weighted by atomic mass is 10.1. The van der Waals surface area contributed by atoms with Gasteiger partial charge in [0.15, 0.2) is 0 Å². The molecule has 0 aromatic heterocycles. The monoisotopic (exact) mass is 221 g/mol. The molecule has 0 aliphatic heterocycles. The van der Waals surface area contributed by atoms with Crippen molar-refractivity contribution in [3.05, 3.63) is 45.9 Å². The third-order valence-electron chi connectivity index (χ3n) is 2.06. The maximum atomic E-state index is 8.93. The summed E-state index contributed by atoms with van der Waals surface area (Å²) in [4.78, 5) is 0. The first-order chi connectivity index (χ1) is 6.74. The van der Waals surface area contributed by atoms with Crippen LogP contribution in [-0.4, -0.2) is 0 Å². The minimum Gasteiger partial charge on any atom is -0.192 e. The van der Waals surface area contributed by atoms with Gasteiger partial charge in [-0.3, -0.25) is 0 Å². The Balaban J connectivity index is 3.00. The van der Waals surface area contributed by atoms with Crippen molar-refractivity contribution in [3.63, 3.8) is 0 Å². The van der Waals surface area contributed by atoms with Gasteiger partial charge < -0.3 is 0 Å². The van der Waals surface area contributed by atoms with Crippen LogP contribution in [0.1, 0.15) is 5.56 Å². The SMILES string of the molecule is N#Cc1c(Cl)cc(Cl)c2ccccc12. The van der Waals surface area contributed by atoms with Crippen LogP contribution in [0.15, 0.2) is 30.3 Å². The second-order valence-electron chi connectivity index (χ2n) is 2.87. The fourth-order valence-corrected chi connectivity index (χ4v) is 2.00. The van der Waals surface area contributed by atoms with Crippen molar-refractivity contribution < 1.29 is 0 Å². The van der Waals surface area contributed by atoms with Gasteiger partial charge in [-0.05, 0) is 6.07 Å². The maximum Gasteiger partial charge on any atom is 0.101 e. The van der Waals surface area contributed by atoms with Crippen molar-refractivity contribution in [2.75, 3.05) is 0 Å². The fourth-order valence-electron chi connectivity index (χ4n) is 1.41. The van der Waals surface area contributed by atoms with E-state index in [9.17, 15) is 0 Å². The molecule has 0 aliphatic rings. The minimum atomic E-state index is 0.399. The number of halogens is 2. The van der Waals surface area contributed by atoms with Crippen LogP contribution in [0.4, 0.5) is 0 Å². The molecule has 0 atom stereocenters. The molecule has 2 rings (SSSR count). The van der Waals surface area contributed by atoms with Gasteiger partial charge in [0.05, 0.1) is 10.6 Å². The van der Waals surface area contributed by atoms with Crippen molar-refractivity contribution in [1.82, 2.24) is 0 Å². The van der Waals surface area contributed by atoms with Crippen molar-refractivity contribution >= 4 is 34.0 Å². The summed E-state index contributed by atoms with van der Waals surface area (Å²) in [6.45, 7) is 0. The molecule has 0 radical (unpaired) electrons. The van der Waals surface area contributed by atoms with Gasteiger partial charge in [0.1, 0.15) is 6.07 Å². The molecule has 0 unspecified atom stereocenters. The second-order valence-corrected chi connectivity index (χ2v) is 3.69. The summed E-state index contributed by atoms with van der Waals surface area (Å²) in [5.74, 6) is 0. The van der Waals surface area contributed by atoms with Crippen LogP contribution in [0, 0.1) is 11.3 Å². The summed E-state index contributed by atoms with van der Waals surface area (Å²) in [6.07, 6.45) is 0. The van der Waals surface area contributed by atoms with E-state index < -0.39 is 0 Å². The third kappa shape index (κ3) is 1.33. The molecule has 1 nitrogen and oxygen atoms in total. The van der Waals surface area contributed by atoms with Gasteiger partial charge in [-0.25, -0.2) is 0 Å². The molecule has 0 amide bonds. The Morgan fingerprint density at radius 2 is 1.64 bits per heavy atom. The first-order valence-corrected chi connectivity index (χ1v) is 4.76. The Hall–Kier alpha value is -1.23. The molecule has 0 heterocycles. The highest BCUT2D eigenvalue weighted by Gasteiger charge is 2.08. The quantitative estimate of drug-likeness (QED) is 0.660. The number of benzene rings is 2. The Bertz CT molecular complexity index is 541. The summed E-state index contributed by atoms with van der Waals surface area (Å²) < 4.78 is 0. The van der Waals surface area contributed by atoms with E-state index in [-0.39, 0.29) is 0 Å². The van der Waals surface area contributed by atoms with E-state index in [1.54, 1.807) is 6.07 Å². The van der Waals surface area contributed by atoms with E-state index in [0.29, 0.717) is 15.6 Å². The van der Waals surface area contributed by atoms with Crippen molar-refractivity contribution in [2.45, 2.75) is 0 Å². The lowest BCUT2D eigenvalue weighted by Crippen LogP contribution is -1.82. The van der Waals surface area contributed by atoms with Crippen LogP contribution in [0.2, 0.25) is 10.0 Å². The van der Waals surface area contributed by atoms with Crippen LogP contribution in [0.5, 0.6) is 0 Å². The Morgan fingerprint density at radius 3 is 2.29 bits per heavy atom. The zero-order valence-corrected chi connectivity index (χ0v) is 8.60. The van der Waals surface area contributed by atoms with Crippen molar-refractivity contribution in [1.29, 1.82) is 5.26 Å². The average Bonchev–Trinajstić information content (AvgIpc) is 2.18. The molecule has 0 saturated heterocycles. The van der Waals surface area contributed by atoms with Gasteiger partial charge in [0.25, 0.3) is 0 Å². The van der Waals surface area contributed by atoms with E-state index in [4.69, 9.17) is 28.5 Å². The Kier molecular flexibility index (Phi) is 2.33. The molecule has 2 aromatic carbocycles. The number of nitrogens with zero attached hydrogens (tertiary/aromatic N) is 1. The highest BCUT2D eigenvalue weighted by molar-refractivity contribution is 6.39. The first kappa shape index (κ1) is 9.33. The normalized spacial score (nSPS) is 10.1. The number of rotatable bonds is 0. The Morgan fingerprint density at radius 1 is 1.00 bits per heavy atom. The van der Waals surface area contributed by atoms with E-state index >= 15 is 0 Å². The van der Waals surface area contributed by atoms with Gasteiger partial charge >= 0.3 is 0 Å². The summed E-state index contributed by atoms with van der Waals surface area (Å²) >= 11 is 11.9. The van der Waals surface area contributed by atoms with E-state index in [2.05, 4.69) is 6.07 Å². The van der Waals surface area contributed by atoms with E-state index in [0.717, 1.165) is 10.8 Å². The maximum absolute atomic E-state index is 8.93. The Labute approximate surface area is 91.5 Å². The number of hydrogen-bond acceptors (Lipinski definition) is 1. The average molecular weight is 222 g/mol. The zero-order valence-electron chi connectivity index (χ0n) is 7.09. The summed E-state index contributed by atoms with van der Waals surface area (Å²) in [5, 5.41) is 11.6. The predicted molar refractivity (Wildman–Crippen MR) is 58.7 cm³/mol. The highest BCUT2D eigenvalue weighted by Crippen LogP contribution is 2.31. The zero-order chi connectivity index (χ0) is 10.1. The smallest absolute Gasteiger partial charge is 0.101 e. The van der Waals surface area contributed by atoms with Gasteiger partial charge in [0, 0.05) is 15.8 Å². The van der Waals surface area contributed by atoms with Crippen LogP contribution in [0.25, 0.3) is 10.8 Å². The topological polar surface area (TPSA) is 23.8 Å². The molecule has 0 aliphatic carbocycles. The molecule has 0 saturated carbocycles. The third-order valence-corrected chi connectivity index (χ3v) is 2.67. The van der Waals surface area contributed by atoms with Crippen LogP contribution in [0.3, 0.4) is 0 Å². The molecule has 0 bridgehead atoms. The molecule has 3 heteroatoms. The predicted octanol–water partition coefficient (Wildman–Crippen LogP) is 4.02. The largest absolute Gasteiger partial charge is 0.192 e. The van der Waals surface area contributed by atoms with E-state index in [1.165, 1.54) is 0 Å². The van der Waals surface area contributed by atoms with Crippen LogP contribution in [-0.2, 0) is 0 Å². The minimum absolute atomic E-state index is 0.399. The highest BCUT2D eigenvalue weighted by atomic mass is 35.5. The second kappa shape index (κ2) is 3.49. The van der Waals surface area contributed by atoms with Gasteiger partial charge in [-0.15, -0.1) is 0 Å². The lowest BCUT2D eigenvalue weighted by Gasteiger charge is -2.03. The standard InChI is InChI=1S/C11H5Cl2N/c12-10-5-11(13)9(6-14)7-3-1-2-4-8(7)10/h1-5H. The summed E-state index contributed by atoms with van der Waals surface area (Å²) in [5.41, 5.74) is 0.478. The van der Waals surface area contributed by atoms with Gasteiger partial charge in [-0.2, -0.15) is 5.26 Å². The molecule has 0 spiro atoms. The van der Waals surface area contributed by atoms with E-state index in [1.807, 2.05) is 24.3 Å². The van der Waals surface area contributed by atoms with Crippen LogP contribution < -0.4 is 0 Å². The van der Waals surface area contributed by atoms with Crippen molar-refractivity contribution in [2.24, 2.45) is 0 Å². The number of fused-ring (bicyclic) bond motifs is 1. The molecule has 68 valence electrons. The molecule has 0 N–H and O–H groups in total. The van der Waals surface area contributed by atoms with Gasteiger partial charge in [0.2, 0.25) is 0 Å². The number of hydrogen-bond donors (Lipinski definition) is 0. The lowest BCUT2D eigenvalue weighted by molar-refractivity contribution is 1.50. The fraction of sp³-hybridized carbons (Fsp3) is 0. The number of nitriles is 1. The molecular weight excluding hydrogens is 217 g/mol. The van der Waals surface area contributed by atoms with Gasteiger partial charge in [-0.1, -0.05) is 47.5 Å². The van der Waals surface area contributed by atoms with Crippen molar-refractivity contribution in [3.8, 4) is 6.07 Å². The first-order valence-electron chi connectivity index (χ1n) is 4.01. The summed E-state index contributed by atoms with van der Waals surface area (Å²) in [7, 11) is 0. The summed E-state index contributed by atoms with van der Waals surface area (Å²) in [6, 6.07) is 11.1.